The van der Waals surface area contributed by atoms with E-state index in [1.807, 2.05) is 12.3 Å². The summed E-state index contributed by atoms with van der Waals surface area (Å²) in [7, 11) is 0. The molecule has 3 aliphatic carbocycles. The summed E-state index contributed by atoms with van der Waals surface area (Å²) in [5, 5.41) is 15.0. The third kappa shape index (κ3) is 2.89. The van der Waals surface area contributed by atoms with Gasteiger partial charge in [-0.3, -0.25) is 4.79 Å². The van der Waals surface area contributed by atoms with Crippen LogP contribution in [0.2, 0.25) is 0 Å². The van der Waals surface area contributed by atoms with E-state index < -0.39 is 0 Å². The highest BCUT2D eigenvalue weighted by molar-refractivity contribution is 5.88. The van der Waals surface area contributed by atoms with Crippen molar-refractivity contribution in [2.75, 3.05) is 6.61 Å². The maximum Gasteiger partial charge on any atom is 0.249 e. The lowest BCUT2D eigenvalue weighted by Crippen LogP contribution is -2.69. The van der Waals surface area contributed by atoms with Crippen LogP contribution in [0.5, 0.6) is 5.88 Å². The Morgan fingerprint density at radius 2 is 2.00 bits per heavy atom. The van der Waals surface area contributed by atoms with E-state index in [-0.39, 0.29) is 22.8 Å². The first-order valence-electron chi connectivity index (χ1n) is 9.94. The van der Waals surface area contributed by atoms with Crippen molar-refractivity contribution >= 4 is 12.1 Å². The summed E-state index contributed by atoms with van der Waals surface area (Å²) in [6, 6.07) is 13.8. The first-order chi connectivity index (χ1) is 14.0. The monoisotopic (exact) mass is 386 g/mol. The van der Waals surface area contributed by atoms with Crippen LogP contribution < -0.4 is 4.74 Å². The van der Waals surface area contributed by atoms with E-state index in [0.717, 1.165) is 31.2 Å². The average molecular weight is 386 g/mol. The van der Waals surface area contributed by atoms with Crippen LogP contribution in [0.25, 0.3) is 0 Å². The molecule has 3 fully saturated rings. The van der Waals surface area contributed by atoms with Gasteiger partial charge in [-0.1, -0.05) is 29.8 Å². The second kappa shape index (κ2) is 6.41. The van der Waals surface area contributed by atoms with E-state index in [9.17, 15) is 4.79 Å². The van der Waals surface area contributed by atoms with Crippen LogP contribution in [-0.4, -0.2) is 28.7 Å². The molecule has 2 aromatic rings. The zero-order chi connectivity index (χ0) is 20.1. The van der Waals surface area contributed by atoms with Crippen molar-refractivity contribution < 1.29 is 9.53 Å². The molecule has 1 unspecified atom stereocenters. The average Bonchev–Trinajstić information content (AvgIpc) is 3.16. The summed E-state index contributed by atoms with van der Waals surface area (Å²) in [5.74, 6) is 0.674. The number of benzene rings is 1. The van der Waals surface area contributed by atoms with Gasteiger partial charge in [0.1, 0.15) is 6.07 Å². The molecule has 6 rings (SSSR count). The first kappa shape index (κ1) is 17.9. The van der Waals surface area contributed by atoms with Crippen LogP contribution in [-0.2, 0) is 4.79 Å². The number of pyridine rings is 1. The van der Waals surface area contributed by atoms with Gasteiger partial charge in [-0.15, -0.1) is 0 Å². The van der Waals surface area contributed by atoms with Crippen molar-refractivity contribution in [3.63, 3.8) is 0 Å². The molecular formula is C23H22N4O2. The third-order valence-corrected chi connectivity index (χ3v) is 6.49. The molecule has 1 atom stereocenters. The minimum atomic E-state index is -0.272. The van der Waals surface area contributed by atoms with Crippen LogP contribution in [0, 0.1) is 29.1 Å². The van der Waals surface area contributed by atoms with Gasteiger partial charge in [0.2, 0.25) is 11.8 Å². The van der Waals surface area contributed by atoms with Crippen molar-refractivity contribution in [2.24, 2.45) is 15.9 Å². The summed E-state index contributed by atoms with van der Waals surface area (Å²) in [5.41, 5.74) is 2.67. The van der Waals surface area contributed by atoms with Gasteiger partial charge in [0.05, 0.1) is 23.6 Å². The molecule has 29 heavy (non-hydrogen) atoms. The molecule has 3 saturated carbocycles. The quantitative estimate of drug-likeness (QED) is 0.784. The fourth-order valence-corrected chi connectivity index (χ4v) is 5.06. The molecule has 1 amide bonds. The minimum absolute atomic E-state index is 0.00664. The smallest absolute Gasteiger partial charge is 0.249 e. The van der Waals surface area contributed by atoms with Crippen LogP contribution in [0.3, 0.4) is 0 Å². The number of nitrogens with zero attached hydrogens (tertiary/aromatic N) is 4. The second-order valence-corrected chi connectivity index (χ2v) is 8.71. The summed E-state index contributed by atoms with van der Waals surface area (Å²) in [6.07, 6.45) is 6.68. The Hall–Kier alpha value is -3.20. The number of hydrogen-bond acceptors (Lipinski definition) is 5. The summed E-state index contributed by atoms with van der Waals surface area (Å²) in [4.78, 5) is 17.4. The highest BCUT2D eigenvalue weighted by Crippen LogP contribution is 2.74. The molecule has 0 spiro atoms. The Labute approximate surface area is 169 Å². The second-order valence-electron chi connectivity index (χ2n) is 8.71. The highest BCUT2D eigenvalue weighted by atomic mass is 16.5. The maximum absolute atomic E-state index is 13.3. The predicted molar refractivity (Wildman–Crippen MR) is 107 cm³/mol. The molecule has 2 bridgehead atoms. The topological polar surface area (TPSA) is 78.6 Å². The lowest BCUT2D eigenvalue weighted by atomic mass is 9.35. The molecule has 6 nitrogen and oxygen atoms in total. The molecule has 2 heterocycles. The number of rotatable bonds is 5. The van der Waals surface area contributed by atoms with Crippen molar-refractivity contribution in [2.45, 2.75) is 38.6 Å². The number of amides is 1. The minimum Gasteiger partial charge on any atom is -0.477 e. The molecule has 0 N–H and O–H groups in total. The molecule has 4 aliphatic rings. The van der Waals surface area contributed by atoms with E-state index in [4.69, 9.17) is 10.00 Å². The van der Waals surface area contributed by atoms with E-state index in [1.165, 1.54) is 11.8 Å². The number of aryl methyl sites for hydroxylation is 1. The van der Waals surface area contributed by atoms with Gasteiger partial charge in [0.15, 0.2) is 0 Å². The molecule has 1 aromatic carbocycles. The fourth-order valence-electron chi connectivity index (χ4n) is 5.06. The van der Waals surface area contributed by atoms with Gasteiger partial charge < -0.3 is 4.74 Å². The molecule has 146 valence electrons. The van der Waals surface area contributed by atoms with E-state index >= 15 is 0 Å². The van der Waals surface area contributed by atoms with Crippen molar-refractivity contribution in [1.82, 2.24) is 9.99 Å². The maximum atomic E-state index is 13.3. The van der Waals surface area contributed by atoms with E-state index in [1.54, 1.807) is 17.1 Å². The summed E-state index contributed by atoms with van der Waals surface area (Å²) < 4.78 is 5.83. The third-order valence-electron chi connectivity index (χ3n) is 6.49. The van der Waals surface area contributed by atoms with Crippen LogP contribution in [0.15, 0.2) is 47.7 Å². The Kier molecular flexibility index (Phi) is 3.95. The highest BCUT2D eigenvalue weighted by Gasteiger charge is 2.72. The Bertz CT molecular complexity index is 1000. The molecule has 1 aromatic heterocycles. The number of ether oxygens (including phenoxy) is 1. The van der Waals surface area contributed by atoms with Gasteiger partial charge in [-0.2, -0.15) is 10.4 Å². The normalized spacial score (nSPS) is 29.0. The van der Waals surface area contributed by atoms with Crippen LogP contribution in [0.4, 0.5) is 0 Å². The molecule has 1 aliphatic heterocycles. The number of aromatic nitrogens is 1. The zero-order valence-corrected chi connectivity index (χ0v) is 16.3. The van der Waals surface area contributed by atoms with Crippen LogP contribution in [0.1, 0.15) is 48.4 Å². The van der Waals surface area contributed by atoms with Gasteiger partial charge in [-0.05, 0) is 37.8 Å². The standard InChI is InChI=1S/C23H22N4O2/c1-16-2-5-18(6-3-16)19-8-9-26-27(19)21(28)23-12-22(13-23,14-23)15-29-20-7-4-17(10-24)11-25-20/h2-7,9,11,19H,8,12-15H2,1H3. The van der Waals surface area contributed by atoms with Gasteiger partial charge in [-0.25, -0.2) is 9.99 Å². The van der Waals surface area contributed by atoms with E-state index in [2.05, 4.69) is 41.3 Å². The Morgan fingerprint density at radius 1 is 1.24 bits per heavy atom. The molecule has 0 radical (unpaired) electrons. The largest absolute Gasteiger partial charge is 0.477 e. The lowest BCUT2D eigenvalue weighted by molar-refractivity contribution is -0.227. The Morgan fingerprint density at radius 3 is 2.66 bits per heavy atom. The van der Waals surface area contributed by atoms with Gasteiger partial charge in [0, 0.05) is 30.3 Å². The number of hydrogen-bond donors (Lipinski definition) is 0. The number of nitriles is 1. The number of carbonyl (C=O) groups excluding carboxylic acids is 1. The summed E-state index contributed by atoms with van der Waals surface area (Å²) >= 11 is 0. The molecular weight excluding hydrogens is 364 g/mol. The van der Waals surface area contributed by atoms with Gasteiger partial charge in [0.25, 0.3) is 0 Å². The number of hydrazone groups is 1. The number of carbonyl (C=O) groups is 1. The van der Waals surface area contributed by atoms with Crippen molar-refractivity contribution in [1.29, 1.82) is 5.26 Å². The zero-order valence-electron chi connectivity index (χ0n) is 16.3. The Balaban J connectivity index is 1.20. The SMILES string of the molecule is Cc1ccc(C2CC=NN2C(=O)C23CC(COc4ccc(C#N)cn4)(C2)C3)cc1. The fraction of sp³-hybridized carbons (Fsp3) is 0.391. The van der Waals surface area contributed by atoms with Crippen molar-refractivity contribution in [3.8, 4) is 11.9 Å². The summed E-state index contributed by atoms with van der Waals surface area (Å²) in [6.45, 7) is 2.63. The molecule has 0 saturated heterocycles. The van der Waals surface area contributed by atoms with E-state index in [0.29, 0.717) is 18.1 Å². The van der Waals surface area contributed by atoms with Crippen LogP contribution >= 0.6 is 0 Å². The predicted octanol–water partition coefficient (Wildman–Crippen LogP) is 3.77. The first-order valence-corrected chi connectivity index (χ1v) is 9.94. The molecule has 6 heteroatoms. The lowest BCUT2D eigenvalue weighted by Gasteiger charge is -2.69. The van der Waals surface area contributed by atoms with Crippen molar-refractivity contribution in [3.05, 3.63) is 59.3 Å². The van der Waals surface area contributed by atoms with Gasteiger partial charge >= 0.3 is 0 Å².